The van der Waals surface area contributed by atoms with Gasteiger partial charge < -0.3 is 14.6 Å². The fourth-order valence-electron chi connectivity index (χ4n) is 5.10. The number of alkyl halides is 2. The molecule has 1 N–H and O–H groups in total. The molecule has 2 aromatic carbocycles. The van der Waals surface area contributed by atoms with Crippen molar-refractivity contribution in [1.82, 2.24) is 14.8 Å². The molecule has 39 heavy (non-hydrogen) atoms. The number of anilines is 1. The van der Waals surface area contributed by atoms with Crippen molar-refractivity contribution in [2.24, 2.45) is 0 Å². The summed E-state index contributed by atoms with van der Waals surface area (Å²) < 4.78 is 47.8. The molecule has 0 radical (unpaired) electrons. The highest BCUT2D eigenvalue weighted by atomic mass is 19.3. The highest BCUT2D eigenvalue weighted by Crippen LogP contribution is 2.50. The van der Waals surface area contributed by atoms with E-state index < -0.39 is 35.2 Å². The van der Waals surface area contributed by atoms with Gasteiger partial charge in [-0.15, -0.1) is 5.10 Å². The molecule has 202 valence electrons. The number of hydrogen-bond donors (Lipinski definition) is 1. The molecular weight excluding hydrogens is 509 g/mol. The van der Waals surface area contributed by atoms with Crippen LogP contribution in [-0.4, -0.2) is 27.8 Å². The number of nitrogens with zero attached hydrogens (tertiary/aromatic N) is 3. The maximum Gasteiger partial charge on any atom is 0.338 e. The van der Waals surface area contributed by atoms with Crippen molar-refractivity contribution in [3.8, 4) is 0 Å². The number of hydrogen-bond acceptors (Lipinski definition) is 6. The van der Waals surface area contributed by atoms with Crippen LogP contribution in [0.1, 0.15) is 65.0 Å². The lowest BCUT2D eigenvalue weighted by Gasteiger charge is -2.21. The molecule has 5 rings (SSSR count). The van der Waals surface area contributed by atoms with Gasteiger partial charge in [-0.3, -0.25) is 4.79 Å². The Morgan fingerprint density at radius 1 is 1.10 bits per heavy atom. The number of esters is 1. The van der Waals surface area contributed by atoms with Crippen LogP contribution in [-0.2, 0) is 16.7 Å². The van der Waals surface area contributed by atoms with Crippen LogP contribution in [0.25, 0.3) is 10.8 Å². The molecule has 2 aromatic heterocycles. The average Bonchev–Trinajstić information content (AvgIpc) is 3.71. The van der Waals surface area contributed by atoms with Gasteiger partial charge in [0.2, 0.25) is 0 Å². The van der Waals surface area contributed by atoms with Crippen molar-refractivity contribution in [3.63, 3.8) is 0 Å². The van der Waals surface area contributed by atoms with E-state index in [0.29, 0.717) is 34.4 Å². The predicted octanol–water partition coefficient (Wildman–Crippen LogP) is 5.87. The number of carbonyl (C=O) groups is 1. The molecule has 0 amide bonds. The van der Waals surface area contributed by atoms with Crippen LogP contribution in [0.5, 0.6) is 0 Å². The monoisotopic (exact) mass is 536 g/mol. The van der Waals surface area contributed by atoms with Gasteiger partial charge in [-0.25, -0.2) is 18.0 Å². The highest BCUT2D eigenvalue weighted by Gasteiger charge is 2.46. The van der Waals surface area contributed by atoms with E-state index >= 15 is 0 Å². The first-order valence-corrected chi connectivity index (χ1v) is 12.5. The Labute approximate surface area is 222 Å². The van der Waals surface area contributed by atoms with Gasteiger partial charge in [0.25, 0.3) is 12.0 Å². The van der Waals surface area contributed by atoms with E-state index in [0.717, 1.165) is 24.5 Å². The van der Waals surface area contributed by atoms with Crippen LogP contribution in [0.2, 0.25) is 0 Å². The van der Waals surface area contributed by atoms with E-state index in [4.69, 9.17) is 4.74 Å². The molecule has 2 heterocycles. The zero-order valence-electron chi connectivity index (χ0n) is 21.7. The van der Waals surface area contributed by atoms with E-state index in [2.05, 4.69) is 15.5 Å². The minimum Gasteiger partial charge on any atom is -0.465 e. The van der Waals surface area contributed by atoms with Gasteiger partial charge in [-0.05, 0) is 38.3 Å². The molecule has 7 nitrogen and oxygen atoms in total. The van der Waals surface area contributed by atoms with Crippen LogP contribution in [0, 0.1) is 12.7 Å². The third-order valence-corrected chi connectivity index (χ3v) is 7.41. The molecule has 0 saturated heterocycles. The van der Waals surface area contributed by atoms with Gasteiger partial charge in [0.15, 0.2) is 5.82 Å². The largest absolute Gasteiger partial charge is 0.465 e. The Balaban J connectivity index is 1.53. The summed E-state index contributed by atoms with van der Waals surface area (Å²) in [5.41, 5.74) is 0.583. The molecule has 1 fully saturated rings. The molecule has 1 atom stereocenters. The van der Waals surface area contributed by atoms with E-state index in [1.807, 2.05) is 12.1 Å². The molecule has 1 saturated carbocycles. The second-order valence-corrected chi connectivity index (χ2v) is 9.94. The first kappa shape index (κ1) is 26.4. The van der Waals surface area contributed by atoms with Crippen molar-refractivity contribution in [1.29, 1.82) is 0 Å². The van der Waals surface area contributed by atoms with Crippen LogP contribution < -0.4 is 10.9 Å². The quantitative estimate of drug-likeness (QED) is 0.284. The van der Waals surface area contributed by atoms with E-state index in [-0.39, 0.29) is 11.1 Å². The smallest absolute Gasteiger partial charge is 0.338 e. The molecule has 0 spiro atoms. The lowest BCUT2D eigenvalue weighted by Crippen LogP contribution is -2.27. The van der Waals surface area contributed by atoms with Crippen molar-refractivity contribution in [2.75, 3.05) is 12.4 Å². The number of pyridine rings is 1. The molecule has 0 aliphatic heterocycles. The number of nitrogens with one attached hydrogen (secondary N) is 1. The number of rotatable bonds is 8. The van der Waals surface area contributed by atoms with Gasteiger partial charge in [0, 0.05) is 40.6 Å². The molecule has 0 unspecified atom stereocenters. The molecule has 1 aliphatic carbocycles. The Bertz CT molecular complexity index is 1630. The summed E-state index contributed by atoms with van der Waals surface area (Å²) in [6, 6.07) is 11.9. The summed E-state index contributed by atoms with van der Waals surface area (Å²) in [6.45, 7) is 3.70. The molecular formula is C29H27F3N4O3. The first-order chi connectivity index (χ1) is 18.6. The Kier molecular flexibility index (Phi) is 6.88. The maximum atomic E-state index is 14.8. The number of aromatic nitrogens is 3. The fraction of sp³-hybridized carbons (Fsp3) is 0.310. The fourth-order valence-corrected chi connectivity index (χ4v) is 5.10. The number of halogens is 3. The van der Waals surface area contributed by atoms with Crippen molar-refractivity contribution >= 4 is 22.6 Å². The zero-order valence-corrected chi connectivity index (χ0v) is 21.7. The standard InChI is InChI=1S/C29H27F3N4O3/c1-16(18-8-6-9-20(25(18)30)26(31)32)33-27-22-14-36(24(37)13-21(22)17(2)34-35-27)15-29(11-12-29)23-10-5-4-7-19(23)28(38)39-3/h4-10,13-14,16,26H,11-12,15H2,1-3H3,(H,33,35)/t16-/m1/s1. The number of methoxy groups -OCH3 is 1. The minimum atomic E-state index is -2.94. The summed E-state index contributed by atoms with van der Waals surface area (Å²) in [5, 5.41) is 12.6. The van der Waals surface area contributed by atoms with E-state index in [1.54, 1.807) is 36.7 Å². The number of carbonyl (C=O) groups excluding carboxylic acids is 1. The molecule has 1 aliphatic rings. The number of aryl methyl sites for hydroxylation is 1. The van der Waals surface area contributed by atoms with Gasteiger partial charge in [-0.2, -0.15) is 5.10 Å². The average molecular weight is 537 g/mol. The number of benzene rings is 2. The van der Waals surface area contributed by atoms with Crippen LogP contribution >= 0.6 is 0 Å². The Hall–Kier alpha value is -4.21. The van der Waals surface area contributed by atoms with Gasteiger partial charge in [-0.1, -0.05) is 36.4 Å². The van der Waals surface area contributed by atoms with Crippen LogP contribution in [0.4, 0.5) is 19.0 Å². The summed E-state index contributed by atoms with van der Waals surface area (Å²) in [4.78, 5) is 25.6. The third kappa shape index (κ3) is 4.86. The van der Waals surface area contributed by atoms with E-state index in [1.165, 1.54) is 25.3 Å². The van der Waals surface area contributed by atoms with Crippen LogP contribution in [0.15, 0.2) is 59.5 Å². The summed E-state index contributed by atoms with van der Waals surface area (Å²) >= 11 is 0. The lowest BCUT2D eigenvalue weighted by atomic mass is 9.91. The third-order valence-electron chi connectivity index (χ3n) is 7.41. The number of ether oxygens (including phenoxy) is 1. The summed E-state index contributed by atoms with van der Waals surface area (Å²) in [6.07, 6.45) is 0.328. The summed E-state index contributed by atoms with van der Waals surface area (Å²) in [7, 11) is 1.33. The lowest BCUT2D eigenvalue weighted by molar-refractivity contribution is 0.0598. The Morgan fingerprint density at radius 2 is 1.82 bits per heavy atom. The normalized spacial score (nSPS) is 14.8. The molecule has 10 heteroatoms. The van der Waals surface area contributed by atoms with Crippen molar-refractivity contribution < 1.29 is 22.7 Å². The van der Waals surface area contributed by atoms with Gasteiger partial charge >= 0.3 is 5.97 Å². The first-order valence-electron chi connectivity index (χ1n) is 12.5. The number of fused-ring (bicyclic) bond motifs is 1. The second kappa shape index (κ2) is 10.2. The van der Waals surface area contributed by atoms with Gasteiger partial charge in [0.1, 0.15) is 5.82 Å². The van der Waals surface area contributed by atoms with Crippen molar-refractivity contribution in [3.05, 3.63) is 98.8 Å². The molecule has 0 bridgehead atoms. The second-order valence-electron chi connectivity index (χ2n) is 9.94. The SMILES string of the molecule is COC(=O)c1ccccc1C1(Cn2cc3c(N[C@H](C)c4cccc(C(F)F)c4F)nnc(C)c3cc2=O)CC1. The minimum absolute atomic E-state index is 0.0630. The Morgan fingerprint density at radius 3 is 2.51 bits per heavy atom. The maximum absolute atomic E-state index is 14.8. The highest BCUT2D eigenvalue weighted by molar-refractivity contribution is 5.93. The van der Waals surface area contributed by atoms with E-state index in [9.17, 15) is 22.8 Å². The van der Waals surface area contributed by atoms with Gasteiger partial charge in [0.05, 0.1) is 30.0 Å². The zero-order chi connectivity index (χ0) is 27.9. The van der Waals surface area contributed by atoms with Crippen LogP contribution in [0.3, 0.4) is 0 Å². The summed E-state index contributed by atoms with van der Waals surface area (Å²) in [5.74, 6) is -1.12. The van der Waals surface area contributed by atoms with Crippen molar-refractivity contribution in [2.45, 2.75) is 51.1 Å². The predicted molar refractivity (Wildman–Crippen MR) is 141 cm³/mol. The topological polar surface area (TPSA) is 86.1 Å². The molecule has 4 aromatic rings.